The van der Waals surface area contributed by atoms with Gasteiger partial charge in [-0.05, 0) is 166 Å². The first-order valence-corrected chi connectivity index (χ1v) is 48.7. The number of hydrogen-bond acceptors (Lipinski definition) is 27. The number of tetrazole rings is 1. The van der Waals surface area contributed by atoms with Crippen LogP contribution in [-0.4, -0.2) is 383 Å². The van der Waals surface area contributed by atoms with Gasteiger partial charge in [0.1, 0.15) is 12.9 Å². The molecule has 876 valence electrons. The Morgan fingerprint density at radius 1 is 0.569 bits per heavy atom. The molecule has 144 heavy (non-hydrogen) atoms. The number of aldehydes is 1. The molecular formula is C94H225N25O25. The van der Waals surface area contributed by atoms with E-state index in [1.54, 1.807) is 0 Å². The molecule has 2 aliphatic rings. The number of nitrogens with one attached hydrogen (secondary N) is 13. The molecule has 0 spiro atoms. The molecule has 0 aliphatic carbocycles. The number of benzene rings is 2. The third kappa shape index (κ3) is 100. The quantitative estimate of drug-likeness (QED) is 0.0142. The molecule has 0 saturated carbocycles. The molecule has 2 aromatic carbocycles. The maximum absolute atomic E-state index is 13.6. The van der Waals surface area contributed by atoms with Gasteiger partial charge in [0, 0.05) is 184 Å². The van der Waals surface area contributed by atoms with Crippen LogP contribution in [0.5, 0.6) is 0 Å². The fourth-order valence-corrected chi connectivity index (χ4v) is 15.9. The molecule has 1 aromatic heterocycles. The predicted octanol–water partition coefficient (Wildman–Crippen LogP) is -7.75. The van der Waals surface area contributed by atoms with Crippen molar-refractivity contribution in [3.05, 3.63) is 84.2 Å². The van der Waals surface area contributed by atoms with Crippen LogP contribution in [0.2, 0.25) is 0 Å². The zero-order chi connectivity index (χ0) is 88.9. The molecule has 5 rings (SSSR count). The monoisotopic (exact) mass is 2100 g/mol. The van der Waals surface area contributed by atoms with Crippen LogP contribution in [0.25, 0.3) is 5.57 Å². The molecule has 50 heteroatoms. The highest BCUT2D eigenvalue weighted by Gasteiger charge is 2.29. The first kappa shape index (κ1) is 183. The summed E-state index contributed by atoms with van der Waals surface area (Å²) in [5.74, 6) is 0.519. The number of unbranched alkanes of at least 4 members (excludes halogenated alkanes) is 15. The molecule has 0 unspecified atom stereocenters. The Bertz CT molecular complexity index is 2970. The summed E-state index contributed by atoms with van der Waals surface area (Å²) in [6.45, 7) is 34.3. The van der Waals surface area contributed by atoms with Crippen molar-refractivity contribution in [2.45, 2.75) is 320 Å². The molecule has 2 saturated heterocycles. The molecule has 67 N–H and O–H groups in total. The van der Waals surface area contributed by atoms with Crippen molar-refractivity contribution in [3.63, 3.8) is 0 Å². The summed E-state index contributed by atoms with van der Waals surface area (Å²) in [5, 5.41) is 58.1. The van der Waals surface area contributed by atoms with Crippen molar-refractivity contribution in [2.75, 3.05) is 164 Å². The van der Waals surface area contributed by atoms with Gasteiger partial charge in [0.15, 0.2) is 5.82 Å². The lowest BCUT2D eigenvalue weighted by Crippen LogP contribution is -2.53. The van der Waals surface area contributed by atoms with E-state index in [-0.39, 0.29) is 183 Å². The zero-order valence-corrected chi connectivity index (χ0v) is 88.7. The third-order valence-corrected chi connectivity index (χ3v) is 23.6. The second-order valence-electron chi connectivity index (χ2n) is 34.2. The number of carbonyl (C=O) groups excluding carboxylic acids is 4. The minimum atomic E-state index is -0.320. The van der Waals surface area contributed by atoms with Gasteiger partial charge in [-0.15, -0.1) is 10.2 Å². The number of aromatic amines is 1. The van der Waals surface area contributed by atoms with E-state index in [2.05, 4.69) is 189 Å². The van der Waals surface area contributed by atoms with E-state index in [1.807, 2.05) is 6.92 Å². The van der Waals surface area contributed by atoms with E-state index in [0.29, 0.717) is 110 Å². The molecule has 0 bridgehead atoms. The van der Waals surface area contributed by atoms with E-state index in [0.717, 1.165) is 180 Å². The van der Waals surface area contributed by atoms with Crippen LogP contribution in [0.4, 0.5) is 0 Å². The number of nitrogens with zero attached hydrogens (tertiary/aromatic N) is 5. The highest BCUT2D eigenvalue weighted by molar-refractivity contribution is 5.77. The lowest BCUT2D eigenvalue weighted by molar-refractivity contribution is -0.126. The van der Waals surface area contributed by atoms with E-state index < -0.39 is 0 Å². The van der Waals surface area contributed by atoms with Gasteiger partial charge in [0.25, 0.3) is 0 Å². The average Bonchev–Trinajstić information content (AvgIpc) is 1.74. The second kappa shape index (κ2) is 129. The number of primary amides is 1. The number of amides is 3. The second-order valence-corrected chi connectivity index (χ2v) is 34.2. The Morgan fingerprint density at radius 3 is 1.72 bits per heavy atom. The van der Waals surface area contributed by atoms with Crippen LogP contribution in [0, 0.1) is 0 Å². The van der Waals surface area contributed by atoms with Gasteiger partial charge in [0.2, 0.25) is 17.7 Å². The molecule has 2 aliphatic heterocycles. The minimum absolute atomic E-state index is 0. The number of rotatable bonds is 64. The lowest BCUT2D eigenvalue weighted by atomic mass is 9.99. The Morgan fingerprint density at radius 2 is 1.14 bits per heavy atom. The summed E-state index contributed by atoms with van der Waals surface area (Å²) in [6.07, 6.45) is 39.6. The smallest absolute Gasteiger partial charge is 0.246 e. The van der Waals surface area contributed by atoms with E-state index >= 15 is 0 Å². The maximum Gasteiger partial charge on any atom is 0.246 e. The van der Waals surface area contributed by atoms with Gasteiger partial charge in [0.05, 0.1) is 19.8 Å². The predicted molar refractivity (Wildman–Crippen MR) is 588 cm³/mol. The number of H-pyrrole nitrogens is 1. The van der Waals surface area contributed by atoms with Crippen LogP contribution in [0.15, 0.2) is 67.2 Å². The van der Waals surface area contributed by atoms with E-state index in [1.165, 1.54) is 140 Å². The van der Waals surface area contributed by atoms with Gasteiger partial charge < -0.3 is 228 Å². The summed E-state index contributed by atoms with van der Waals surface area (Å²) in [5.41, 5.74) is 32.0. The Hall–Kier alpha value is -6.23. The molecule has 50 nitrogen and oxygen atoms in total. The summed E-state index contributed by atoms with van der Waals surface area (Å²) in [4.78, 5) is 51.4. The van der Waals surface area contributed by atoms with E-state index in [9.17, 15) is 19.2 Å². The van der Waals surface area contributed by atoms with Crippen LogP contribution in [0.3, 0.4) is 0 Å². The number of nitrogens with two attached hydrogens (primary N) is 5. The van der Waals surface area contributed by atoms with Crippen LogP contribution >= 0.6 is 0 Å². The van der Waals surface area contributed by atoms with Gasteiger partial charge in [-0.25, -0.2) is 0 Å². The summed E-state index contributed by atoms with van der Waals surface area (Å²) in [6, 6.07) is 24.2. The molecular weight excluding hydrogens is 1880 g/mol. The van der Waals surface area contributed by atoms with Gasteiger partial charge in [-0.3, -0.25) is 19.3 Å². The number of aromatic nitrogens is 4. The Balaban J connectivity index is -0.000000112. The standard InChI is InChI=1S/C61H113N13O.C17H32N4O.C16H36N6O4.2H3N.19H2O/c1-6-10-27-55(68-42-54(65-34-7-2)29-18-20-37-73(8-3)9-4)43-70-57-32-33-61(75)66-36-19-17-28-53(41-62)67-45-58(39-50(5)52-25-15-12-16-26-52)71-44-56(30-21-35-64-49-63)69-46-59(40-51-23-13-11-14-24-51)72-47-60-31-22-38-74(60)48-57;22-16-14-12-10-8-6-4-2-1-3-5-7-9-11-13-15-17-18-20-21-19-17;1-13(11-22-14(10-18)2-3-15(19)23)20-5-6-21-16(24)12-26-9-8-25-7-4-17;;;;;;;;;;;;;;;;;;;;;/h11-16,23-26,53-60,64-65,67-72H,5-10,17-22,27-49,62-63H2,1-4H3,(H,66,75);16H,1-15H2,(H,18,19,20,21);13-14,20,22H,2-12,17-18H2,1H3,(H2,19,23)(H,21,24);2*1H3;19*1H2/t53-,54-,55-,56-,57-,58-,59+,60-;;13-,14-;;;;;;;;;;;;;;;;;;;;;/m0.0...................../s1. The van der Waals surface area contributed by atoms with Gasteiger partial charge in [-0.1, -0.05) is 196 Å². The van der Waals surface area contributed by atoms with E-state index in [4.69, 9.17) is 38.1 Å². The molecule has 2 fully saturated rings. The number of fused-ring (bicyclic) bond motifs is 1. The van der Waals surface area contributed by atoms with Crippen LogP contribution in [-0.2, 0) is 41.5 Å². The highest BCUT2D eigenvalue weighted by Crippen LogP contribution is 2.22. The Kier molecular flexibility index (Phi) is 164. The number of hydrogen-bond donors (Lipinski definition) is 20. The Labute approximate surface area is 861 Å². The van der Waals surface area contributed by atoms with Crippen molar-refractivity contribution in [1.29, 1.82) is 0 Å². The molecule has 0 radical (unpaired) electrons. The molecule has 3 aromatic rings. The SMILES string of the molecule is C=C(C[C@H]1CN[C@H](CN)CCCCNC(=O)CC[C@H](NC[C@H](CCCC)NC[C@H](CCCCN(CC)CC)NCCC)CN2CCC[C@H]2CN[C@H](Cc2ccccc2)CN[C@@H](CCCNCN)CN1)c1ccccc1.C[C@@H](CN[C@H](CN)CCC(N)=O)NCCNC(=O)COCCOCCN.N.N.O.O.O.O.O.O.O.O.O.O.O.O.O.O.O.O.O.O.O.O=CCCCCCCCCCCCCCCCc1nn[nH]n1. The van der Waals surface area contributed by atoms with Gasteiger partial charge in [-0.2, -0.15) is 5.21 Å². The zero-order valence-electron chi connectivity index (χ0n) is 88.7. The largest absolute Gasteiger partial charge is 0.412 e. The topological polar surface area (TPSA) is 1090 Å². The molecule has 3 amide bonds. The van der Waals surface area contributed by atoms with Crippen LogP contribution < -0.4 is 105 Å². The average molecular weight is 2110 g/mol. The molecule has 10 atom stereocenters. The normalized spacial score (nSPS) is 16.3. The number of carbonyl (C=O) groups is 4. The fourth-order valence-electron chi connectivity index (χ4n) is 15.9. The number of ether oxygens (including phenoxy) is 2. The first-order chi connectivity index (χ1) is 60.2. The van der Waals surface area contributed by atoms with Crippen molar-refractivity contribution >= 4 is 29.6 Å². The summed E-state index contributed by atoms with van der Waals surface area (Å²) in [7, 11) is 0. The van der Waals surface area contributed by atoms with Gasteiger partial charge >= 0.3 is 0 Å². The first-order valence-electron chi connectivity index (χ1n) is 48.7. The minimum Gasteiger partial charge on any atom is -0.412 e. The summed E-state index contributed by atoms with van der Waals surface area (Å²) < 4.78 is 10.3. The fraction of sp³-hybridized carbons (Fsp3) is 0.798. The number of aryl methyl sites for hydroxylation is 1. The van der Waals surface area contributed by atoms with Crippen molar-refractivity contribution in [1.82, 2.24) is 107 Å². The summed E-state index contributed by atoms with van der Waals surface area (Å²) >= 11 is 0. The highest BCUT2D eigenvalue weighted by atomic mass is 16.5. The lowest BCUT2D eigenvalue weighted by Gasteiger charge is -2.33. The van der Waals surface area contributed by atoms with Crippen LogP contribution in [0.1, 0.15) is 263 Å². The van der Waals surface area contributed by atoms with Crippen molar-refractivity contribution in [3.8, 4) is 0 Å². The maximum atomic E-state index is 13.6. The van der Waals surface area contributed by atoms with Crippen molar-refractivity contribution < 1.29 is 133 Å². The third-order valence-electron chi connectivity index (χ3n) is 23.6. The molecule has 3 heterocycles. The van der Waals surface area contributed by atoms with Crippen molar-refractivity contribution in [2.24, 2.45) is 28.7 Å².